The van der Waals surface area contributed by atoms with Gasteiger partial charge < -0.3 is 10.6 Å². The molecule has 0 fully saturated rings. The van der Waals surface area contributed by atoms with Gasteiger partial charge in [0.25, 0.3) is 0 Å². The molecule has 104 valence electrons. The van der Waals surface area contributed by atoms with Gasteiger partial charge in [0.2, 0.25) is 0 Å². The molecule has 2 aromatic heterocycles. The lowest BCUT2D eigenvalue weighted by Gasteiger charge is -2.23. The van der Waals surface area contributed by atoms with Gasteiger partial charge in [-0.3, -0.25) is 10.1 Å². The summed E-state index contributed by atoms with van der Waals surface area (Å²) in [6.45, 7) is 0. The summed E-state index contributed by atoms with van der Waals surface area (Å²) in [7, 11) is 0. The standard InChI is InChI=1S/C13H14FN5O/c14-10-7-15-4-3-12(10)18-13(20)17-9-1-2-11-8(5-9)6-16-19-11/h3-4,6-7,9H,1-2,5H2,(H,16,19)(H2,15,17,18,20). The number of nitrogens with zero attached hydrogens (tertiary/aromatic N) is 2. The summed E-state index contributed by atoms with van der Waals surface area (Å²) in [6.07, 6.45) is 6.69. The van der Waals surface area contributed by atoms with Crippen LogP contribution in [-0.4, -0.2) is 27.3 Å². The van der Waals surface area contributed by atoms with E-state index >= 15 is 0 Å². The Balaban J connectivity index is 1.59. The lowest BCUT2D eigenvalue weighted by molar-refractivity contribution is 0.247. The van der Waals surface area contributed by atoms with Gasteiger partial charge in [-0.1, -0.05) is 0 Å². The number of pyridine rings is 1. The fourth-order valence-electron chi connectivity index (χ4n) is 2.36. The Kier molecular flexibility index (Phi) is 3.32. The van der Waals surface area contributed by atoms with Gasteiger partial charge in [-0.25, -0.2) is 9.18 Å². The number of halogens is 1. The topological polar surface area (TPSA) is 82.7 Å². The second-order valence-corrected chi connectivity index (χ2v) is 4.77. The van der Waals surface area contributed by atoms with Gasteiger partial charge in [-0.15, -0.1) is 0 Å². The molecule has 0 aliphatic heterocycles. The summed E-state index contributed by atoms with van der Waals surface area (Å²) in [5.41, 5.74) is 2.37. The van der Waals surface area contributed by atoms with Gasteiger partial charge in [-0.2, -0.15) is 5.10 Å². The van der Waals surface area contributed by atoms with Crippen molar-refractivity contribution in [2.45, 2.75) is 25.3 Å². The first-order valence-corrected chi connectivity index (χ1v) is 6.40. The summed E-state index contributed by atoms with van der Waals surface area (Å²) in [4.78, 5) is 15.5. The van der Waals surface area contributed by atoms with Gasteiger partial charge in [0.05, 0.1) is 18.1 Å². The van der Waals surface area contributed by atoms with Gasteiger partial charge in [0.15, 0.2) is 5.82 Å². The smallest absolute Gasteiger partial charge is 0.319 e. The molecule has 3 N–H and O–H groups in total. The lowest BCUT2D eigenvalue weighted by Crippen LogP contribution is -2.41. The van der Waals surface area contributed by atoms with E-state index in [-0.39, 0.29) is 11.7 Å². The first-order chi connectivity index (χ1) is 9.72. The minimum atomic E-state index is -0.552. The highest BCUT2D eigenvalue weighted by atomic mass is 19.1. The maximum atomic E-state index is 13.4. The van der Waals surface area contributed by atoms with E-state index in [1.165, 1.54) is 12.3 Å². The minimum Gasteiger partial charge on any atom is -0.335 e. The fraction of sp³-hybridized carbons (Fsp3) is 0.308. The van der Waals surface area contributed by atoms with Crippen LogP contribution in [0.3, 0.4) is 0 Å². The zero-order valence-electron chi connectivity index (χ0n) is 10.7. The summed E-state index contributed by atoms with van der Waals surface area (Å²) >= 11 is 0. The van der Waals surface area contributed by atoms with Gasteiger partial charge in [0.1, 0.15) is 0 Å². The van der Waals surface area contributed by atoms with Crippen LogP contribution in [0.1, 0.15) is 17.7 Å². The SMILES string of the molecule is O=C(Nc1ccncc1F)NC1CCc2[nH]ncc2C1. The van der Waals surface area contributed by atoms with Crippen molar-refractivity contribution in [2.75, 3.05) is 5.32 Å². The third-order valence-corrected chi connectivity index (χ3v) is 3.37. The molecule has 6 nitrogen and oxygen atoms in total. The van der Waals surface area contributed by atoms with Crippen LogP contribution in [0.4, 0.5) is 14.9 Å². The first-order valence-electron chi connectivity index (χ1n) is 6.40. The maximum absolute atomic E-state index is 13.4. The number of hydrogen-bond acceptors (Lipinski definition) is 3. The largest absolute Gasteiger partial charge is 0.335 e. The minimum absolute atomic E-state index is 0.0324. The molecule has 0 radical (unpaired) electrons. The molecule has 20 heavy (non-hydrogen) atoms. The Labute approximate surface area is 114 Å². The van der Waals surface area contributed by atoms with Crippen molar-refractivity contribution in [1.82, 2.24) is 20.5 Å². The molecule has 0 aromatic carbocycles. The Morgan fingerprint density at radius 1 is 1.45 bits per heavy atom. The molecule has 0 saturated carbocycles. The highest BCUT2D eigenvalue weighted by Gasteiger charge is 2.21. The highest BCUT2D eigenvalue weighted by Crippen LogP contribution is 2.19. The summed E-state index contributed by atoms with van der Waals surface area (Å²) in [5.74, 6) is -0.552. The van der Waals surface area contributed by atoms with Crippen LogP contribution in [-0.2, 0) is 12.8 Å². The average Bonchev–Trinajstić information content (AvgIpc) is 2.89. The molecule has 0 bridgehead atoms. The van der Waals surface area contributed by atoms with Crippen molar-refractivity contribution >= 4 is 11.7 Å². The van der Waals surface area contributed by atoms with Crippen molar-refractivity contribution < 1.29 is 9.18 Å². The van der Waals surface area contributed by atoms with Crippen molar-refractivity contribution in [3.05, 3.63) is 41.7 Å². The molecule has 0 spiro atoms. The van der Waals surface area contributed by atoms with E-state index in [4.69, 9.17) is 0 Å². The molecule has 3 rings (SSSR count). The first kappa shape index (κ1) is 12.6. The van der Waals surface area contributed by atoms with E-state index in [2.05, 4.69) is 25.8 Å². The molecule has 2 heterocycles. The van der Waals surface area contributed by atoms with E-state index in [0.717, 1.165) is 36.7 Å². The number of fused-ring (bicyclic) bond motifs is 1. The van der Waals surface area contributed by atoms with E-state index in [1.54, 1.807) is 6.20 Å². The predicted octanol–water partition coefficient (Wildman–Crippen LogP) is 1.62. The summed E-state index contributed by atoms with van der Waals surface area (Å²) in [6, 6.07) is 1.04. The number of urea groups is 1. The predicted molar refractivity (Wildman–Crippen MR) is 70.8 cm³/mol. The molecule has 2 aromatic rings. The quantitative estimate of drug-likeness (QED) is 0.779. The maximum Gasteiger partial charge on any atom is 0.319 e. The van der Waals surface area contributed by atoms with E-state index in [1.807, 2.05) is 0 Å². The van der Waals surface area contributed by atoms with Gasteiger partial charge in [0, 0.05) is 17.9 Å². The Hall–Kier alpha value is -2.44. The fourth-order valence-corrected chi connectivity index (χ4v) is 2.36. The molecule has 2 amide bonds. The zero-order valence-corrected chi connectivity index (χ0v) is 10.7. The summed E-state index contributed by atoms with van der Waals surface area (Å²) in [5, 5.41) is 12.3. The number of H-pyrrole nitrogens is 1. The molecule has 0 saturated heterocycles. The second kappa shape index (κ2) is 5.28. The van der Waals surface area contributed by atoms with Crippen molar-refractivity contribution in [2.24, 2.45) is 0 Å². The van der Waals surface area contributed by atoms with Crippen LogP contribution in [0, 0.1) is 5.82 Å². The molecule has 1 atom stereocenters. The molecular formula is C13H14FN5O. The van der Waals surface area contributed by atoms with Crippen LogP contribution in [0.2, 0.25) is 0 Å². The Morgan fingerprint density at radius 2 is 2.35 bits per heavy atom. The second-order valence-electron chi connectivity index (χ2n) is 4.77. The van der Waals surface area contributed by atoms with Crippen molar-refractivity contribution in [3.63, 3.8) is 0 Å². The third-order valence-electron chi connectivity index (χ3n) is 3.37. The number of amides is 2. The summed E-state index contributed by atoms with van der Waals surface area (Å²) < 4.78 is 13.4. The molecule has 1 unspecified atom stereocenters. The van der Waals surface area contributed by atoms with Crippen LogP contribution >= 0.6 is 0 Å². The van der Waals surface area contributed by atoms with Crippen LogP contribution in [0.5, 0.6) is 0 Å². The molecule has 1 aliphatic rings. The van der Waals surface area contributed by atoms with Crippen LogP contribution < -0.4 is 10.6 Å². The Morgan fingerprint density at radius 3 is 3.20 bits per heavy atom. The monoisotopic (exact) mass is 275 g/mol. The van der Waals surface area contributed by atoms with Crippen molar-refractivity contribution in [1.29, 1.82) is 0 Å². The number of nitrogens with one attached hydrogen (secondary N) is 3. The van der Waals surface area contributed by atoms with Gasteiger partial charge in [-0.05, 0) is 30.9 Å². The molecular weight excluding hydrogens is 261 g/mol. The van der Waals surface area contributed by atoms with Crippen LogP contribution in [0.15, 0.2) is 24.7 Å². The van der Waals surface area contributed by atoms with E-state index in [9.17, 15) is 9.18 Å². The highest BCUT2D eigenvalue weighted by molar-refractivity contribution is 5.89. The number of carbonyl (C=O) groups is 1. The molecule has 1 aliphatic carbocycles. The lowest BCUT2D eigenvalue weighted by atomic mass is 9.94. The molecule has 7 heteroatoms. The zero-order chi connectivity index (χ0) is 13.9. The van der Waals surface area contributed by atoms with Crippen LogP contribution in [0.25, 0.3) is 0 Å². The number of rotatable bonds is 2. The number of anilines is 1. The average molecular weight is 275 g/mol. The number of aryl methyl sites for hydroxylation is 1. The number of aromatic amines is 1. The van der Waals surface area contributed by atoms with Gasteiger partial charge >= 0.3 is 6.03 Å². The van der Waals surface area contributed by atoms with Crippen molar-refractivity contribution in [3.8, 4) is 0 Å². The Bertz CT molecular complexity index is 627. The normalized spacial score (nSPS) is 17.4. The number of aromatic nitrogens is 3. The number of hydrogen-bond donors (Lipinski definition) is 3. The third kappa shape index (κ3) is 2.61. The van der Waals surface area contributed by atoms with E-state index in [0.29, 0.717) is 0 Å². The number of carbonyl (C=O) groups excluding carboxylic acids is 1. The van der Waals surface area contributed by atoms with E-state index < -0.39 is 11.8 Å².